The number of carbonyl (C=O) groups excluding carboxylic acids is 2. The molecule has 0 saturated carbocycles. The topological polar surface area (TPSA) is 122 Å². The van der Waals surface area contributed by atoms with E-state index >= 15 is 0 Å². The summed E-state index contributed by atoms with van der Waals surface area (Å²) in [6.07, 6.45) is -0.948. The van der Waals surface area contributed by atoms with Crippen LogP contribution in [0.3, 0.4) is 0 Å². The van der Waals surface area contributed by atoms with Crippen molar-refractivity contribution in [1.82, 2.24) is 10.2 Å². The fraction of sp³-hybridized carbons (Fsp3) is 0.417. The first kappa shape index (κ1) is 27.1. The number of nitrogens with zero attached hydrogens (tertiary/aromatic N) is 1. The summed E-state index contributed by atoms with van der Waals surface area (Å²) in [7, 11) is 0. The highest BCUT2D eigenvalue weighted by Crippen LogP contribution is 2.27. The summed E-state index contributed by atoms with van der Waals surface area (Å²) in [6.45, 7) is 7.36. The van der Waals surface area contributed by atoms with Crippen molar-refractivity contribution in [1.29, 1.82) is 0 Å². The van der Waals surface area contributed by atoms with Crippen LogP contribution in [0.15, 0.2) is 42.5 Å². The summed E-state index contributed by atoms with van der Waals surface area (Å²) in [6, 6.07) is 10.9. The molecule has 7 nitrogen and oxygen atoms in total. The van der Waals surface area contributed by atoms with Crippen LogP contribution < -0.4 is 16.8 Å². The van der Waals surface area contributed by atoms with Gasteiger partial charge in [-0.3, -0.25) is 9.59 Å². The van der Waals surface area contributed by atoms with Crippen LogP contribution in [0, 0.1) is 0 Å². The molecular weight excluding hydrogens is 463 g/mol. The monoisotopic (exact) mass is 494 g/mol. The molecule has 0 aliphatic rings. The Balaban J connectivity index is 2.08. The summed E-state index contributed by atoms with van der Waals surface area (Å²) in [5, 5.41) is 14.2. The number of halogens is 2. The Labute approximate surface area is 205 Å². The molecule has 1 unspecified atom stereocenters. The second-order valence-electron chi connectivity index (χ2n) is 8.90. The van der Waals surface area contributed by atoms with E-state index in [0.29, 0.717) is 27.7 Å². The van der Waals surface area contributed by atoms with Gasteiger partial charge in [0.25, 0.3) is 0 Å². The van der Waals surface area contributed by atoms with Crippen molar-refractivity contribution >= 4 is 35.0 Å². The van der Waals surface area contributed by atoms with Gasteiger partial charge in [0, 0.05) is 12.6 Å². The number of carbonyl (C=O) groups is 2. The highest BCUT2D eigenvalue weighted by Gasteiger charge is 2.27. The normalized spacial score (nSPS) is 13.5. The molecule has 6 N–H and O–H groups in total. The van der Waals surface area contributed by atoms with Gasteiger partial charge in [0.2, 0.25) is 11.8 Å². The minimum Gasteiger partial charge on any atom is -0.387 e. The van der Waals surface area contributed by atoms with Crippen LogP contribution in [0.1, 0.15) is 56.5 Å². The van der Waals surface area contributed by atoms with Crippen LogP contribution in [-0.2, 0) is 16.1 Å². The van der Waals surface area contributed by atoms with Crippen molar-refractivity contribution in [3.63, 3.8) is 0 Å². The van der Waals surface area contributed by atoms with Crippen molar-refractivity contribution in [2.24, 2.45) is 11.5 Å². The van der Waals surface area contributed by atoms with Gasteiger partial charge in [0.05, 0.1) is 28.2 Å². The summed E-state index contributed by atoms with van der Waals surface area (Å²) < 4.78 is 0. The molecule has 33 heavy (non-hydrogen) atoms. The molecule has 2 aromatic rings. The van der Waals surface area contributed by atoms with E-state index in [1.54, 1.807) is 56.3 Å². The zero-order valence-electron chi connectivity index (χ0n) is 19.3. The van der Waals surface area contributed by atoms with Crippen LogP contribution in [0.25, 0.3) is 0 Å². The quantitative estimate of drug-likeness (QED) is 0.425. The van der Waals surface area contributed by atoms with E-state index in [1.807, 2.05) is 13.8 Å². The van der Waals surface area contributed by atoms with Crippen molar-refractivity contribution < 1.29 is 14.7 Å². The van der Waals surface area contributed by atoms with Crippen LogP contribution in [0.2, 0.25) is 10.0 Å². The smallest absolute Gasteiger partial charge is 0.244 e. The van der Waals surface area contributed by atoms with E-state index in [0.717, 1.165) is 5.56 Å². The van der Waals surface area contributed by atoms with Crippen molar-refractivity contribution in [3.8, 4) is 0 Å². The molecule has 2 rings (SSSR count). The van der Waals surface area contributed by atoms with Gasteiger partial charge in [0.1, 0.15) is 6.04 Å². The average Bonchev–Trinajstić information content (AvgIpc) is 2.75. The molecule has 9 heteroatoms. The third-order valence-corrected chi connectivity index (χ3v) is 5.99. The van der Waals surface area contributed by atoms with Crippen molar-refractivity contribution in [2.45, 2.75) is 58.0 Å². The maximum Gasteiger partial charge on any atom is 0.244 e. The van der Waals surface area contributed by atoms with Gasteiger partial charge < -0.3 is 26.8 Å². The van der Waals surface area contributed by atoms with E-state index in [4.69, 9.17) is 34.7 Å². The number of hydrogen-bond acceptors (Lipinski definition) is 5. The minimum atomic E-state index is -0.961. The van der Waals surface area contributed by atoms with Gasteiger partial charge >= 0.3 is 0 Å². The first-order chi connectivity index (χ1) is 15.3. The zero-order valence-corrected chi connectivity index (χ0v) is 20.8. The SMILES string of the molecule is CC(C)N(C[C@@H](O)c1ccc(Cl)c(Cl)c1)C(=O)C(N)c1ccc(CNC(=O)C(C)(C)N)cc1. The fourth-order valence-corrected chi connectivity index (χ4v) is 3.45. The molecule has 0 aromatic heterocycles. The first-order valence-corrected chi connectivity index (χ1v) is 11.4. The fourth-order valence-electron chi connectivity index (χ4n) is 3.14. The number of aliphatic hydroxyl groups is 1. The second-order valence-corrected chi connectivity index (χ2v) is 9.71. The lowest BCUT2D eigenvalue weighted by Gasteiger charge is -2.31. The molecule has 0 heterocycles. The lowest BCUT2D eigenvalue weighted by molar-refractivity contribution is -0.136. The lowest BCUT2D eigenvalue weighted by Crippen LogP contribution is -2.48. The van der Waals surface area contributed by atoms with Gasteiger partial charge in [-0.15, -0.1) is 0 Å². The Hall–Kier alpha value is -2.16. The van der Waals surface area contributed by atoms with Gasteiger partial charge in [-0.2, -0.15) is 0 Å². The van der Waals surface area contributed by atoms with E-state index in [2.05, 4.69) is 5.32 Å². The average molecular weight is 495 g/mol. The number of aliphatic hydroxyl groups excluding tert-OH is 1. The highest BCUT2D eigenvalue weighted by atomic mass is 35.5. The molecule has 0 saturated heterocycles. The second kappa shape index (κ2) is 11.3. The summed E-state index contributed by atoms with van der Waals surface area (Å²) in [5.74, 6) is -0.568. The van der Waals surface area contributed by atoms with Crippen LogP contribution in [0.4, 0.5) is 0 Å². The third kappa shape index (κ3) is 7.42. The van der Waals surface area contributed by atoms with Gasteiger partial charge in [-0.05, 0) is 56.5 Å². The van der Waals surface area contributed by atoms with Crippen molar-refractivity contribution in [3.05, 3.63) is 69.2 Å². The number of rotatable bonds is 9. The molecule has 0 fully saturated rings. The predicted molar refractivity (Wildman–Crippen MR) is 132 cm³/mol. The Morgan fingerprint density at radius 3 is 2.15 bits per heavy atom. The van der Waals surface area contributed by atoms with Crippen LogP contribution in [-0.4, -0.2) is 39.9 Å². The van der Waals surface area contributed by atoms with E-state index in [-0.39, 0.29) is 24.4 Å². The van der Waals surface area contributed by atoms with Gasteiger partial charge in [0.15, 0.2) is 0 Å². The van der Waals surface area contributed by atoms with E-state index in [9.17, 15) is 14.7 Å². The summed E-state index contributed by atoms with van der Waals surface area (Å²) >= 11 is 12.0. The van der Waals surface area contributed by atoms with Crippen LogP contribution in [0.5, 0.6) is 0 Å². The predicted octanol–water partition coefficient (Wildman–Crippen LogP) is 3.32. The molecule has 180 valence electrons. The van der Waals surface area contributed by atoms with Crippen molar-refractivity contribution in [2.75, 3.05) is 6.54 Å². The number of nitrogens with two attached hydrogens (primary N) is 2. The maximum atomic E-state index is 13.2. The largest absolute Gasteiger partial charge is 0.387 e. The standard InChI is InChI=1S/C24H32Cl2N4O3/c1-14(2)30(13-20(31)17-9-10-18(25)19(26)11-17)22(32)21(27)16-7-5-15(6-8-16)12-29-23(33)24(3,4)28/h5-11,14,20-21,31H,12-13,27-28H2,1-4H3,(H,29,33)/t20-,21?/m1/s1. The molecule has 2 atom stereocenters. The first-order valence-electron chi connectivity index (χ1n) is 10.7. The Morgan fingerprint density at radius 2 is 1.64 bits per heavy atom. The Kier molecular flexibility index (Phi) is 9.29. The Morgan fingerprint density at radius 1 is 1.06 bits per heavy atom. The number of hydrogen-bond donors (Lipinski definition) is 4. The number of nitrogens with one attached hydrogen (secondary N) is 1. The highest BCUT2D eigenvalue weighted by molar-refractivity contribution is 6.42. The van der Waals surface area contributed by atoms with Gasteiger partial charge in [-0.25, -0.2) is 0 Å². The number of amides is 2. The maximum absolute atomic E-state index is 13.2. The Bertz CT molecular complexity index is 975. The van der Waals surface area contributed by atoms with E-state index < -0.39 is 17.7 Å². The molecule has 0 bridgehead atoms. The summed E-state index contributed by atoms with van der Waals surface area (Å²) in [4.78, 5) is 26.6. The zero-order chi connectivity index (χ0) is 24.9. The van der Waals surface area contributed by atoms with Crippen LogP contribution >= 0.6 is 23.2 Å². The molecule has 0 spiro atoms. The molecule has 2 aromatic carbocycles. The molecule has 0 aliphatic carbocycles. The molecular formula is C24H32Cl2N4O3. The molecule has 0 radical (unpaired) electrons. The number of benzene rings is 2. The third-order valence-electron chi connectivity index (χ3n) is 5.25. The lowest BCUT2D eigenvalue weighted by atomic mass is 10.0. The summed E-state index contributed by atoms with van der Waals surface area (Å²) in [5.41, 5.74) is 13.1. The molecule has 2 amide bonds. The minimum absolute atomic E-state index is 0.0567. The van der Waals surface area contributed by atoms with Gasteiger partial charge in [-0.1, -0.05) is 53.5 Å². The molecule has 0 aliphatic heterocycles. The van der Waals surface area contributed by atoms with E-state index in [1.165, 1.54) is 4.90 Å².